The van der Waals surface area contributed by atoms with Gasteiger partial charge >= 0.3 is 5.97 Å². The zero-order chi connectivity index (χ0) is 23.9. The van der Waals surface area contributed by atoms with Crippen LogP contribution >= 0.6 is 0 Å². The van der Waals surface area contributed by atoms with E-state index in [-0.39, 0.29) is 11.4 Å². The van der Waals surface area contributed by atoms with Crippen molar-refractivity contribution < 1.29 is 14.1 Å². The molecule has 178 valence electrons. The fourth-order valence-corrected chi connectivity index (χ4v) is 4.92. The molecule has 5 rings (SSSR count). The Bertz CT molecular complexity index is 1340. The monoisotopic (exact) mass is 461 g/mol. The number of carbonyl (C=O) groups excluding carboxylic acids is 1. The fourth-order valence-electron chi connectivity index (χ4n) is 4.92. The summed E-state index contributed by atoms with van der Waals surface area (Å²) in [6.07, 6.45) is 5.39. The van der Waals surface area contributed by atoms with Crippen LogP contribution in [0.25, 0.3) is 33.9 Å². The Morgan fingerprint density at radius 1 is 1.24 bits per heavy atom. The van der Waals surface area contributed by atoms with Gasteiger partial charge in [-0.15, -0.1) is 0 Å². The maximum Gasteiger partial charge on any atom is 0.307 e. The standard InChI is InChI=1S/C26H31N5O3/c1-5-31-21-16-26(3,4)13-10-19(21)23(28-31)25-27-24(29-34-25)18-8-7-9-20-17(18)11-14-30(20)15-12-22(32)33-6-2/h7-9,11,14H,5-6,10,12-13,15-16H2,1-4H3. The van der Waals surface area contributed by atoms with Gasteiger partial charge in [0.25, 0.3) is 5.89 Å². The van der Waals surface area contributed by atoms with Crippen molar-refractivity contribution in [3.63, 3.8) is 0 Å². The van der Waals surface area contributed by atoms with Gasteiger partial charge in [0.05, 0.1) is 13.0 Å². The number of hydrogen-bond donors (Lipinski definition) is 0. The van der Waals surface area contributed by atoms with Crippen LogP contribution in [0, 0.1) is 5.41 Å². The van der Waals surface area contributed by atoms with Gasteiger partial charge in [0.1, 0.15) is 0 Å². The van der Waals surface area contributed by atoms with E-state index in [1.54, 1.807) is 0 Å². The molecule has 0 amide bonds. The van der Waals surface area contributed by atoms with E-state index in [0.717, 1.165) is 48.0 Å². The molecule has 0 saturated carbocycles. The van der Waals surface area contributed by atoms with Crippen LogP contribution < -0.4 is 0 Å². The molecule has 1 aliphatic rings. The van der Waals surface area contributed by atoms with Crippen LogP contribution in [-0.2, 0) is 35.5 Å². The van der Waals surface area contributed by atoms with E-state index in [0.29, 0.717) is 31.3 Å². The molecule has 1 aromatic carbocycles. The molecule has 8 heteroatoms. The molecule has 0 spiro atoms. The number of carbonyl (C=O) groups is 1. The van der Waals surface area contributed by atoms with Crippen LogP contribution in [0.2, 0.25) is 0 Å². The highest BCUT2D eigenvalue weighted by molar-refractivity contribution is 5.94. The van der Waals surface area contributed by atoms with Crippen molar-refractivity contribution in [1.29, 1.82) is 0 Å². The van der Waals surface area contributed by atoms with E-state index < -0.39 is 0 Å². The first-order chi connectivity index (χ1) is 16.4. The number of hydrogen-bond acceptors (Lipinski definition) is 6. The summed E-state index contributed by atoms with van der Waals surface area (Å²) in [4.78, 5) is 16.5. The van der Waals surface area contributed by atoms with Crippen molar-refractivity contribution in [3.05, 3.63) is 41.7 Å². The van der Waals surface area contributed by atoms with E-state index in [1.165, 1.54) is 11.3 Å². The lowest BCUT2D eigenvalue weighted by molar-refractivity contribution is -0.143. The Labute approximate surface area is 198 Å². The van der Waals surface area contributed by atoms with Gasteiger partial charge in [-0.05, 0) is 50.7 Å². The van der Waals surface area contributed by atoms with Crippen molar-refractivity contribution >= 4 is 16.9 Å². The quantitative estimate of drug-likeness (QED) is 0.358. The topological polar surface area (TPSA) is 88.0 Å². The van der Waals surface area contributed by atoms with Gasteiger partial charge in [0.2, 0.25) is 5.82 Å². The lowest BCUT2D eigenvalue weighted by Gasteiger charge is -2.30. The van der Waals surface area contributed by atoms with Crippen LogP contribution in [0.1, 0.15) is 51.8 Å². The molecule has 0 fully saturated rings. The van der Waals surface area contributed by atoms with E-state index in [1.807, 2.05) is 37.4 Å². The van der Waals surface area contributed by atoms with Gasteiger partial charge in [-0.1, -0.05) is 31.1 Å². The largest absolute Gasteiger partial charge is 0.466 e. The van der Waals surface area contributed by atoms with Gasteiger partial charge in [-0.2, -0.15) is 10.1 Å². The normalized spacial score (nSPS) is 14.9. The summed E-state index contributed by atoms with van der Waals surface area (Å²) < 4.78 is 14.9. The number of benzene rings is 1. The predicted molar refractivity (Wildman–Crippen MR) is 129 cm³/mol. The maximum absolute atomic E-state index is 11.8. The average molecular weight is 462 g/mol. The fraction of sp³-hybridized carbons (Fsp3) is 0.462. The zero-order valence-electron chi connectivity index (χ0n) is 20.3. The van der Waals surface area contributed by atoms with Gasteiger partial charge in [-0.3, -0.25) is 9.48 Å². The number of fused-ring (bicyclic) bond motifs is 2. The average Bonchev–Trinajstić information content (AvgIpc) is 3.53. The highest BCUT2D eigenvalue weighted by atomic mass is 16.5. The first kappa shape index (κ1) is 22.4. The summed E-state index contributed by atoms with van der Waals surface area (Å²) in [5, 5.41) is 10.2. The Hall–Kier alpha value is -3.42. The first-order valence-corrected chi connectivity index (χ1v) is 12.1. The van der Waals surface area contributed by atoms with Gasteiger partial charge in [0.15, 0.2) is 5.69 Å². The van der Waals surface area contributed by atoms with Crippen LogP contribution in [0.15, 0.2) is 35.0 Å². The molecule has 0 saturated heterocycles. The van der Waals surface area contributed by atoms with Crippen LogP contribution in [-0.4, -0.2) is 37.1 Å². The second-order valence-electron chi connectivity index (χ2n) is 9.66. The molecule has 1 aliphatic carbocycles. The number of ether oxygens (including phenoxy) is 1. The highest BCUT2D eigenvalue weighted by Gasteiger charge is 2.32. The number of aryl methyl sites for hydroxylation is 2. The lowest BCUT2D eigenvalue weighted by atomic mass is 9.76. The van der Waals surface area contributed by atoms with Crippen LogP contribution in [0.3, 0.4) is 0 Å². The molecule has 3 heterocycles. The Balaban J connectivity index is 1.47. The number of esters is 1. The van der Waals surface area contributed by atoms with Crippen LogP contribution in [0.4, 0.5) is 0 Å². The smallest absolute Gasteiger partial charge is 0.307 e. The molecule has 4 aromatic rings. The predicted octanol–water partition coefficient (Wildman–Crippen LogP) is 5.04. The third-order valence-electron chi connectivity index (χ3n) is 6.71. The summed E-state index contributed by atoms with van der Waals surface area (Å²) in [6.45, 7) is 10.3. The molecule has 0 N–H and O–H groups in total. The van der Waals surface area contributed by atoms with Crippen molar-refractivity contribution in [2.45, 2.75) is 66.5 Å². The van der Waals surface area contributed by atoms with Gasteiger partial charge in [-0.25, -0.2) is 0 Å². The van der Waals surface area contributed by atoms with Crippen molar-refractivity contribution in [2.75, 3.05) is 6.61 Å². The summed E-state index contributed by atoms with van der Waals surface area (Å²) in [5.74, 6) is 0.818. The minimum Gasteiger partial charge on any atom is -0.466 e. The Kier molecular flexibility index (Phi) is 5.75. The maximum atomic E-state index is 11.8. The van der Waals surface area contributed by atoms with Crippen molar-refractivity contribution in [1.82, 2.24) is 24.5 Å². The highest BCUT2D eigenvalue weighted by Crippen LogP contribution is 2.39. The van der Waals surface area contributed by atoms with E-state index in [4.69, 9.17) is 19.3 Å². The van der Waals surface area contributed by atoms with E-state index in [2.05, 4.69) is 35.2 Å². The summed E-state index contributed by atoms with van der Waals surface area (Å²) in [6, 6.07) is 8.03. The molecular formula is C26H31N5O3. The molecule has 3 aromatic heterocycles. The molecule has 0 aliphatic heterocycles. The number of aromatic nitrogens is 5. The van der Waals surface area contributed by atoms with Crippen molar-refractivity contribution in [2.24, 2.45) is 5.41 Å². The number of nitrogens with zero attached hydrogens (tertiary/aromatic N) is 5. The van der Waals surface area contributed by atoms with Crippen LogP contribution in [0.5, 0.6) is 0 Å². The molecule has 8 nitrogen and oxygen atoms in total. The minimum absolute atomic E-state index is 0.193. The third kappa shape index (κ3) is 4.02. The Morgan fingerprint density at radius 3 is 2.88 bits per heavy atom. The SMILES string of the molecule is CCOC(=O)CCn1ccc2c(-c3noc(-c4nn(CC)c5c4CCC(C)(C)C5)n3)cccc21. The third-order valence-corrected chi connectivity index (χ3v) is 6.71. The number of rotatable bonds is 7. The molecule has 0 radical (unpaired) electrons. The second kappa shape index (κ2) is 8.74. The second-order valence-corrected chi connectivity index (χ2v) is 9.66. The molecular weight excluding hydrogens is 430 g/mol. The molecule has 0 unspecified atom stereocenters. The zero-order valence-corrected chi connectivity index (χ0v) is 20.3. The molecule has 0 atom stereocenters. The van der Waals surface area contributed by atoms with Gasteiger partial charge in [0, 0.05) is 47.0 Å². The first-order valence-electron chi connectivity index (χ1n) is 12.1. The van der Waals surface area contributed by atoms with Crippen molar-refractivity contribution in [3.8, 4) is 23.0 Å². The molecule has 34 heavy (non-hydrogen) atoms. The van der Waals surface area contributed by atoms with Gasteiger partial charge < -0.3 is 13.8 Å². The minimum atomic E-state index is -0.193. The molecule has 0 bridgehead atoms. The lowest BCUT2D eigenvalue weighted by Crippen LogP contribution is -2.24. The van der Waals surface area contributed by atoms with E-state index in [9.17, 15) is 4.79 Å². The summed E-state index contributed by atoms with van der Waals surface area (Å²) >= 11 is 0. The van der Waals surface area contributed by atoms with E-state index >= 15 is 0 Å². The Morgan fingerprint density at radius 2 is 2.09 bits per heavy atom. The summed E-state index contributed by atoms with van der Waals surface area (Å²) in [7, 11) is 0. The summed E-state index contributed by atoms with van der Waals surface area (Å²) in [5.41, 5.74) is 5.52.